The van der Waals surface area contributed by atoms with Gasteiger partial charge in [-0.3, -0.25) is 4.79 Å². The van der Waals surface area contributed by atoms with Crippen molar-refractivity contribution in [3.8, 4) is 11.3 Å². The van der Waals surface area contributed by atoms with E-state index in [1.807, 2.05) is 10.2 Å². The van der Waals surface area contributed by atoms with Crippen LogP contribution in [-0.4, -0.2) is 50.1 Å². The van der Waals surface area contributed by atoms with Gasteiger partial charge >= 0.3 is 0 Å². The van der Waals surface area contributed by atoms with E-state index in [1.165, 1.54) is 18.5 Å². The molecule has 3 aromatic heterocycles. The van der Waals surface area contributed by atoms with Gasteiger partial charge in [0.25, 0.3) is 5.91 Å². The van der Waals surface area contributed by atoms with Crippen LogP contribution in [0.1, 0.15) is 24.4 Å². The number of aryl methyl sites for hydroxylation is 1. The zero-order valence-corrected chi connectivity index (χ0v) is 13.6. The first-order chi connectivity index (χ1) is 14.9. The number of fused-ring (bicyclic) bond motifs is 3. The Kier molecular flexibility index (Phi) is 2.43. The average Bonchev–Trinajstić information content (AvgIpc) is 3.12. The van der Waals surface area contributed by atoms with E-state index in [0.717, 1.165) is 0 Å². The number of anilines is 3. The summed E-state index contributed by atoms with van der Waals surface area (Å²) in [5.41, 5.74) is 2.06. The van der Waals surface area contributed by atoms with E-state index in [2.05, 4.69) is 30.7 Å². The monoisotopic (exact) mass is 357 g/mol. The molecule has 0 saturated heterocycles. The molecule has 0 radical (unpaired) electrons. The zero-order chi connectivity index (χ0) is 23.3. The van der Waals surface area contributed by atoms with Crippen molar-refractivity contribution in [1.29, 1.82) is 0 Å². The third kappa shape index (κ3) is 2.51. The van der Waals surface area contributed by atoms with Gasteiger partial charge in [-0.15, -0.1) is 5.10 Å². The first kappa shape index (κ1) is 10.4. The second-order valence-electron chi connectivity index (χ2n) is 5.57. The van der Waals surface area contributed by atoms with Crippen molar-refractivity contribution in [2.24, 2.45) is 6.98 Å². The van der Waals surface area contributed by atoms with Crippen LogP contribution < -0.4 is 15.5 Å². The molecule has 10 heteroatoms. The Morgan fingerprint density at radius 3 is 3.08 bits per heavy atom. The number of rotatable bonds is 3. The van der Waals surface area contributed by atoms with Crippen LogP contribution in [0.25, 0.3) is 11.3 Å². The highest BCUT2D eigenvalue weighted by Crippen LogP contribution is 2.41. The van der Waals surface area contributed by atoms with Crippen molar-refractivity contribution in [2.45, 2.75) is 6.54 Å². The minimum Gasteiger partial charge on any atom is -0.365 e. The van der Waals surface area contributed by atoms with E-state index in [1.54, 1.807) is 13.1 Å². The van der Waals surface area contributed by atoms with E-state index in [0.29, 0.717) is 33.3 Å². The molecule has 0 aromatic carbocycles. The fourth-order valence-electron chi connectivity index (χ4n) is 2.87. The molecule has 0 atom stereocenters. The number of nitrogens with one attached hydrogen (secondary N) is 2. The largest absolute Gasteiger partial charge is 0.365 e. The topological polar surface area (TPSA) is 114 Å². The predicted molar refractivity (Wildman–Crippen MR) is 95.0 cm³/mol. The molecular formula is C16H17N9O. The number of hydrogen-bond donors (Lipinski definition) is 2. The molecule has 0 saturated carbocycles. The molecule has 3 aromatic rings. The summed E-state index contributed by atoms with van der Waals surface area (Å²) in [5, 5.41) is 20.5. The van der Waals surface area contributed by atoms with Crippen LogP contribution in [0.4, 0.5) is 17.2 Å². The third-order valence-electron chi connectivity index (χ3n) is 3.93. The number of carbonyl (C=O) groups excluding carboxylic acids is 1. The fraction of sp³-hybridized carbons (Fsp3) is 0.250. The highest BCUT2D eigenvalue weighted by atomic mass is 16.1. The maximum absolute atomic E-state index is 12.4. The molecule has 0 fully saturated rings. The van der Waals surface area contributed by atoms with Gasteiger partial charge in [0.2, 0.25) is 0 Å². The van der Waals surface area contributed by atoms with E-state index < -0.39 is 19.9 Å². The summed E-state index contributed by atoms with van der Waals surface area (Å²) in [6.45, 7) is -4.93. The summed E-state index contributed by atoms with van der Waals surface area (Å²) >= 11 is 0. The van der Waals surface area contributed by atoms with E-state index >= 15 is 0 Å². The Balaban J connectivity index is 1.74. The van der Waals surface area contributed by atoms with Crippen LogP contribution in [0.2, 0.25) is 0 Å². The van der Waals surface area contributed by atoms with Crippen molar-refractivity contribution < 1.29 is 13.0 Å². The lowest BCUT2D eigenvalue weighted by Crippen LogP contribution is -2.24. The van der Waals surface area contributed by atoms with E-state index in [-0.39, 0.29) is 17.9 Å². The Hall–Kier alpha value is -3.56. The molecule has 1 amide bonds. The minimum absolute atomic E-state index is 0.188. The van der Waals surface area contributed by atoms with E-state index in [9.17, 15) is 4.79 Å². The molecule has 0 aliphatic carbocycles. The molecule has 132 valence electrons. The van der Waals surface area contributed by atoms with Gasteiger partial charge < -0.3 is 15.5 Å². The lowest BCUT2D eigenvalue weighted by atomic mass is 10.0. The van der Waals surface area contributed by atoms with Crippen LogP contribution in [0.15, 0.2) is 24.5 Å². The van der Waals surface area contributed by atoms with Gasteiger partial charge in [-0.2, -0.15) is 20.1 Å². The van der Waals surface area contributed by atoms with E-state index in [4.69, 9.17) is 8.22 Å². The minimum atomic E-state index is -2.69. The van der Waals surface area contributed by atoms with Crippen LogP contribution in [0.3, 0.4) is 0 Å². The van der Waals surface area contributed by atoms with Gasteiger partial charge in [-0.25, -0.2) is 4.98 Å². The molecule has 2 N–H and O–H groups in total. The molecule has 4 heterocycles. The van der Waals surface area contributed by atoms with Gasteiger partial charge in [0, 0.05) is 41.0 Å². The molecule has 1 aliphatic rings. The Labute approximate surface area is 157 Å². The Bertz CT molecular complexity index is 1190. The van der Waals surface area contributed by atoms with Crippen molar-refractivity contribution in [1.82, 2.24) is 35.5 Å². The summed E-state index contributed by atoms with van der Waals surface area (Å²) in [5.74, 6) is -0.600. The van der Waals surface area contributed by atoms with Crippen LogP contribution >= 0.6 is 0 Å². The number of hydrogen-bond acceptors (Lipinski definition) is 8. The highest BCUT2D eigenvalue weighted by molar-refractivity contribution is 5.99. The van der Waals surface area contributed by atoms with Gasteiger partial charge in [0.15, 0.2) is 11.5 Å². The van der Waals surface area contributed by atoms with Crippen molar-refractivity contribution in [2.75, 3.05) is 24.2 Å². The van der Waals surface area contributed by atoms with Gasteiger partial charge in [-0.1, -0.05) is 0 Å². The lowest BCUT2D eigenvalue weighted by Gasteiger charge is -2.27. The Morgan fingerprint density at radius 2 is 2.23 bits per heavy atom. The molecule has 10 nitrogen and oxygen atoms in total. The molecule has 0 bridgehead atoms. The first-order valence-electron chi connectivity index (χ1n) is 10.5. The molecule has 4 rings (SSSR count). The van der Waals surface area contributed by atoms with Crippen LogP contribution in [0.5, 0.6) is 0 Å². The molecular weight excluding hydrogens is 334 g/mol. The number of amides is 1. The zero-order valence-electron chi connectivity index (χ0n) is 19.6. The maximum Gasteiger partial charge on any atom is 0.273 e. The molecule has 26 heavy (non-hydrogen) atoms. The number of carbonyl (C=O) groups is 1. The maximum atomic E-state index is 12.4. The van der Waals surface area contributed by atoms with Crippen molar-refractivity contribution in [3.63, 3.8) is 0 Å². The number of aromatic nitrogens is 6. The van der Waals surface area contributed by atoms with Crippen LogP contribution in [0, 0.1) is 0 Å². The molecule has 0 unspecified atom stereocenters. The van der Waals surface area contributed by atoms with Crippen LogP contribution in [-0.2, 0) is 13.5 Å². The first-order valence-corrected chi connectivity index (χ1v) is 7.52. The molecule has 0 spiro atoms. The second kappa shape index (κ2) is 6.06. The quantitative estimate of drug-likeness (QED) is 0.705. The van der Waals surface area contributed by atoms with Crippen molar-refractivity contribution in [3.05, 3.63) is 35.9 Å². The number of pyridine rings is 1. The summed E-state index contributed by atoms with van der Waals surface area (Å²) in [4.78, 5) is 19.2. The standard InChI is InChI=1S/C16H17N9O/c1-17-16(26)13-10(5-7-19-21-13)20-15-14-9(4-6-18-15)12-11(8-24(14)2)22-25(3)23-12/h4-7H,8H2,1-3H3,(H,17,26)(H,18,19,20)/i1D3,3D3. The Morgan fingerprint density at radius 1 is 1.31 bits per heavy atom. The molecule has 1 aliphatic heterocycles. The fourth-order valence-corrected chi connectivity index (χ4v) is 2.87. The highest BCUT2D eigenvalue weighted by Gasteiger charge is 2.27. The van der Waals surface area contributed by atoms with Crippen molar-refractivity contribution >= 4 is 23.1 Å². The summed E-state index contributed by atoms with van der Waals surface area (Å²) in [7, 11) is 1.77. The normalized spacial score (nSPS) is 16.7. The average molecular weight is 357 g/mol. The van der Waals surface area contributed by atoms with Gasteiger partial charge in [0.1, 0.15) is 11.4 Å². The SMILES string of the molecule is [2H]C([2H])([2H])NC(=O)c1nnccc1Nc1nccc2c1N(C)Cc1nn(C([2H])([2H])[2H])nc1-2. The predicted octanol–water partition coefficient (Wildman–Crippen LogP) is 0.720. The second-order valence-corrected chi connectivity index (χ2v) is 5.57. The third-order valence-corrected chi connectivity index (χ3v) is 3.93. The number of nitrogens with zero attached hydrogens (tertiary/aromatic N) is 7. The summed E-state index contributed by atoms with van der Waals surface area (Å²) in [6, 6.07) is 3.14. The summed E-state index contributed by atoms with van der Waals surface area (Å²) < 4.78 is 44.3. The summed E-state index contributed by atoms with van der Waals surface area (Å²) in [6.07, 6.45) is 2.84. The lowest BCUT2D eigenvalue weighted by molar-refractivity contribution is 0.0958. The smallest absolute Gasteiger partial charge is 0.273 e. The van der Waals surface area contributed by atoms with Gasteiger partial charge in [-0.05, 0) is 12.1 Å². The van der Waals surface area contributed by atoms with Gasteiger partial charge in [0.05, 0.1) is 24.1 Å².